The predicted octanol–water partition coefficient (Wildman–Crippen LogP) is 6.14. The smallest absolute Gasteiger partial charge is 0.316 e. The molecule has 8 aliphatic rings. The fourth-order valence-corrected chi connectivity index (χ4v) is 12.1. The Bertz CT molecular complexity index is 1740. The van der Waals surface area contributed by atoms with Gasteiger partial charge in [0.05, 0.1) is 49.3 Å². The summed E-state index contributed by atoms with van der Waals surface area (Å²) in [5.74, 6) is -1.86. The number of aliphatic hydroxyl groups is 3. The number of fused-ring (bicyclic) bond motifs is 2. The SMILES string of the molecule is CO[C@@H]1C[C@H](O[C@H]2C(C)O[C@@H](O[C@@H]3C(C)=CC[C@@H]4C[C@@H](CC5(CC[C@H](C)[C@@H](C6CCCCC6)O5)O4)OC(=O)[C@@H]4C=C(C)C(O)[C@H]5OCC(=CC=C[C@@H]3C)[C@]54O)C[C@H]2OC)OC(C)[C@@H]1O. The first-order chi connectivity index (χ1) is 30.6. The second kappa shape index (κ2) is 20.3. The minimum Gasteiger partial charge on any atom is -0.462 e. The second-order valence-electron chi connectivity index (χ2n) is 20.4. The van der Waals surface area contributed by atoms with Crippen molar-refractivity contribution in [2.45, 2.75) is 216 Å². The van der Waals surface area contributed by atoms with Crippen LogP contribution in [-0.2, 0) is 52.2 Å². The first-order valence-corrected chi connectivity index (χ1v) is 24.3. The van der Waals surface area contributed by atoms with Gasteiger partial charge in [-0.25, -0.2) is 0 Å². The summed E-state index contributed by atoms with van der Waals surface area (Å²) in [5, 5.41) is 34.4. The average Bonchev–Trinajstić information content (AvgIpc) is 3.62. The van der Waals surface area contributed by atoms with Crippen molar-refractivity contribution in [3.8, 4) is 0 Å². The molecule has 0 radical (unpaired) electrons. The van der Waals surface area contributed by atoms with Crippen molar-refractivity contribution in [1.29, 1.82) is 0 Å². The molecular weight excluding hydrogens is 825 g/mol. The highest BCUT2D eigenvalue weighted by Crippen LogP contribution is 2.49. The summed E-state index contributed by atoms with van der Waals surface area (Å²) in [5.41, 5.74) is 0.221. The van der Waals surface area contributed by atoms with E-state index in [0.717, 1.165) is 24.8 Å². The highest BCUT2D eigenvalue weighted by molar-refractivity contribution is 5.78. The summed E-state index contributed by atoms with van der Waals surface area (Å²) in [6.45, 7) is 12.0. The highest BCUT2D eigenvalue weighted by Gasteiger charge is 2.60. The van der Waals surface area contributed by atoms with E-state index in [1.54, 1.807) is 40.2 Å². The molecule has 1 spiro atoms. The van der Waals surface area contributed by atoms with Crippen molar-refractivity contribution in [2.75, 3.05) is 20.8 Å². The maximum absolute atomic E-state index is 14.5. The van der Waals surface area contributed by atoms with Gasteiger partial charge >= 0.3 is 5.97 Å². The molecule has 14 heteroatoms. The third-order valence-corrected chi connectivity index (χ3v) is 15.8. The number of methoxy groups -OCH3 is 2. The van der Waals surface area contributed by atoms with Gasteiger partial charge in [-0.05, 0) is 81.9 Å². The molecule has 0 amide bonds. The van der Waals surface area contributed by atoms with E-state index in [-0.39, 0.29) is 30.8 Å². The molecule has 5 saturated heterocycles. The summed E-state index contributed by atoms with van der Waals surface area (Å²) in [7, 11) is 3.24. The molecule has 14 nitrogen and oxygen atoms in total. The molecule has 6 fully saturated rings. The van der Waals surface area contributed by atoms with Crippen LogP contribution in [0.1, 0.15) is 119 Å². The number of rotatable bonds is 7. The Labute approximate surface area is 379 Å². The van der Waals surface area contributed by atoms with E-state index in [1.807, 2.05) is 19.1 Å². The number of hydrogen-bond acceptors (Lipinski definition) is 14. The van der Waals surface area contributed by atoms with Crippen LogP contribution < -0.4 is 0 Å². The van der Waals surface area contributed by atoms with Crippen LogP contribution in [0.5, 0.6) is 0 Å². The van der Waals surface area contributed by atoms with Crippen molar-refractivity contribution in [3.05, 3.63) is 47.1 Å². The molecule has 0 aromatic heterocycles. The van der Waals surface area contributed by atoms with Crippen LogP contribution in [0.25, 0.3) is 0 Å². The van der Waals surface area contributed by atoms with E-state index in [2.05, 4.69) is 26.8 Å². The highest BCUT2D eigenvalue weighted by atomic mass is 16.7. The van der Waals surface area contributed by atoms with E-state index in [9.17, 15) is 20.1 Å². The van der Waals surface area contributed by atoms with E-state index >= 15 is 0 Å². The van der Waals surface area contributed by atoms with Gasteiger partial charge in [-0.15, -0.1) is 0 Å². The van der Waals surface area contributed by atoms with Crippen molar-refractivity contribution in [3.63, 3.8) is 0 Å². The number of ether oxygens (including phenoxy) is 10. The Morgan fingerprint density at radius 1 is 0.828 bits per heavy atom. The summed E-state index contributed by atoms with van der Waals surface area (Å²) < 4.78 is 64.4. The first-order valence-electron chi connectivity index (χ1n) is 24.3. The van der Waals surface area contributed by atoms with Crippen LogP contribution >= 0.6 is 0 Å². The molecule has 6 aliphatic heterocycles. The largest absolute Gasteiger partial charge is 0.462 e. The van der Waals surface area contributed by atoms with E-state index in [4.69, 9.17) is 47.4 Å². The van der Waals surface area contributed by atoms with Gasteiger partial charge < -0.3 is 62.7 Å². The Morgan fingerprint density at radius 3 is 2.30 bits per heavy atom. The lowest BCUT2D eigenvalue weighted by Gasteiger charge is -2.51. The number of carbonyl (C=O) groups is 1. The molecule has 64 heavy (non-hydrogen) atoms. The molecule has 19 atom stereocenters. The summed E-state index contributed by atoms with van der Waals surface area (Å²) >= 11 is 0. The van der Waals surface area contributed by atoms with Gasteiger partial charge in [0, 0.05) is 52.2 Å². The number of hydrogen-bond donors (Lipinski definition) is 3. The first kappa shape index (κ1) is 48.4. The molecular formula is C50H76O14. The van der Waals surface area contributed by atoms with E-state index in [0.29, 0.717) is 61.5 Å². The molecule has 0 aromatic rings. The average molecular weight is 901 g/mol. The van der Waals surface area contributed by atoms with Gasteiger partial charge in [0.15, 0.2) is 18.4 Å². The Hall–Kier alpha value is -2.05. The van der Waals surface area contributed by atoms with Gasteiger partial charge in [-0.1, -0.05) is 63.5 Å². The minimum absolute atomic E-state index is 0.0463. The van der Waals surface area contributed by atoms with Crippen LogP contribution in [0, 0.1) is 23.7 Å². The third-order valence-electron chi connectivity index (χ3n) is 15.8. The second-order valence-corrected chi connectivity index (χ2v) is 20.4. The molecule has 2 aliphatic carbocycles. The van der Waals surface area contributed by atoms with Gasteiger partial charge in [0.2, 0.25) is 0 Å². The van der Waals surface area contributed by atoms with Crippen molar-refractivity contribution >= 4 is 5.97 Å². The summed E-state index contributed by atoms with van der Waals surface area (Å²) in [6, 6.07) is 0. The molecule has 6 heterocycles. The van der Waals surface area contributed by atoms with Crippen LogP contribution in [-0.4, -0.2) is 139 Å². The number of esters is 1. The quantitative estimate of drug-likeness (QED) is 0.197. The molecule has 0 aromatic carbocycles. The Morgan fingerprint density at radius 2 is 1.55 bits per heavy atom. The van der Waals surface area contributed by atoms with Gasteiger partial charge in [-0.3, -0.25) is 4.79 Å². The van der Waals surface area contributed by atoms with Crippen LogP contribution in [0.4, 0.5) is 0 Å². The number of carbonyl (C=O) groups excluding carboxylic acids is 1. The van der Waals surface area contributed by atoms with E-state index < -0.39 is 90.8 Å². The van der Waals surface area contributed by atoms with Crippen molar-refractivity contribution < 1.29 is 67.5 Å². The lowest BCUT2D eigenvalue weighted by Crippen LogP contribution is -2.58. The molecule has 360 valence electrons. The zero-order valence-electron chi connectivity index (χ0n) is 39.3. The normalized spacial score (nSPS) is 47.3. The molecule has 2 bridgehead atoms. The monoisotopic (exact) mass is 901 g/mol. The zero-order chi connectivity index (χ0) is 45.5. The Kier molecular flexibility index (Phi) is 15.3. The summed E-state index contributed by atoms with van der Waals surface area (Å²) in [6.07, 6.45) is 11.9. The van der Waals surface area contributed by atoms with Crippen molar-refractivity contribution in [1.82, 2.24) is 0 Å². The topological polar surface area (TPSA) is 170 Å². The zero-order valence-corrected chi connectivity index (χ0v) is 39.3. The van der Waals surface area contributed by atoms with Gasteiger partial charge in [0.25, 0.3) is 0 Å². The minimum atomic E-state index is -1.82. The van der Waals surface area contributed by atoms with Gasteiger partial charge in [-0.2, -0.15) is 0 Å². The van der Waals surface area contributed by atoms with Crippen LogP contribution in [0.15, 0.2) is 47.1 Å². The number of aliphatic hydroxyl groups excluding tert-OH is 2. The lowest BCUT2D eigenvalue weighted by atomic mass is 9.71. The molecule has 3 N–H and O–H groups in total. The molecule has 1 saturated carbocycles. The third kappa shape index (κ3) is 9.92. The standard InChI is InChI=1S/C50H76O14/c1-27-13-12-16-34-26-57-47-42(51)30(4)21-37(50(34,47)54)48(53)60-36-22-35(63-49(25-36)20-19-29(3)45(64-49)33-14-10-9-11-15-33)18-17-28(2)44(27)61-41-24-39(56-8)46(32(6)59-41)62-40-23-38(55-7)43(52)31(5)58-40/h12-13,16-17,21,27,29,31-33,35-47,51-52,54H,9-11,14-15,18-20,22-26H2,1-8H3/t27-,29-,31?,32?,35+,36-,37-,38+,39+,40-,41-,42?,43-,44-,45-,46-,47+,49?,50+/m0/s1. The fourth-order valence-electron chi connectivity index (χ4n) is 12.1. The maximum atomic E-state index is 14.5. The van der Waals surface area contributed by atoms with Crippen LogP contribution in [0.3, 0.4) is 0 Å². The Balaban J connectivity index is 1.08. The van der Waals surface area contributed by atoms with Gasteiger partial charge in [0.1, 0.15) is 42.0 Å². The lowest BCUT2D eigenvalue weighted by molar-refractivity contribution is -0.342. The molecule has 4 unspecified atom stereocenters. The number of allylic oxidation sites excluding steroid dienone is 2. The van der Waals surface area contributed by atoms with E-state index in [1.165, 1.54) is 19.3 Å². The van der Waals surface area contributed by atoms with Crippen LogP contribution in [0.2, 0.25) is 0 Å². The predicted molar refractivity (Wildman–Crippen MR) is 235 cm³/mol. The molecule has 8 rings (SSSR count). The van der Waals surface area contributed by atoms with Crippen molar-refractivity contribution in [2.24, 2.45) is 23.7 Å². The maximum Gasteiger partial charge on any atom is 0.316 e. The summed E-state index contributed by atoms with van der Waals surface area (Å²) in [4.78, 5) is 14.5. The fraction of sp³-hybridized carbons (Fsp3) is 0.820.